The molecule has 0 radical (unpaired) electrons. The van der Waals surface area contributed by atoms with Gasteiger partial charge in [-0.3, -0.25) is 4.79 Å². The molecule has 1 amide bonds. The van der Waals surface area contributed by atoms with E-state index in [4.69, 9.17) is 0 Å². The minimum atomic E-state index is -0.433. The molecule has 0 spiro atoms. The zero-order chi connectivity index (χ0) is 22.8. The zero-order valence-corrected chi connectivity index (χ0v) is 18.5. The van der Waals surface area contributed by atoms with Crippen molar-refractivity contribution in [2.45, 2.75) is 13.5 Å². The quantitative estimate of drug-likeness (QED) is 0.359. The van der Waals surface area contributed by atoms with Crippen LogP contribution in [0, 0.1) is 5.82 Å². The summed E-state index contributed by atoms with van der Waals surface area (Å²) in [6.45, 7) is 6.36. The molecule has 0 saturated heterocycles. The predicted molar refractivity (Wildman–Crippen MR) is 129 cm³/mol. The fourth-order valence-corrected chi connectivity index (χ4v) is 3.44. The van der Waals surface area contributed by atoms with Gasteiger partial charge in [-0.25, -0.2) is 14.4 Å². The number of amides is 1. The predicted octanol–water partition coefficient (Wildman–Crippen LogP) is 5.45. The molecule has 32 heavy (non-hydrogen) atoms. The van der Waals surface area contributed by atoms with Gasteiger partial charge in [0, 0.05) is 29.4 Å². The van der Waals surface area contributed by atoms with Crippen LogP contribution in [0.5, 0.6) is 0 Å². The third kappa shape index (κ3) is 6.61. The van der Waals surface area contributed by atoms with Gasteiger partial charge in [0.1, 0.15) is 11.6 Å². The number of allylic oxidation sites excluding steroid dienone is 3. The maximum Gasteiger partial charge on any atom is 0.251 e. The van der Waals surface area contributed by atoms with Crippen molar-refractivity contribution < 1.29 is 9.18 Å². The van der Waals surface area contributed by atoms with Gasteiger partial charge in [-0.15, -0.1) is 0 Å². The summed E-state index contributed by atoms with van der Waals surface area (Å²) >= 11 is 1.44. The van der Waals surface area contributed by atoms with E-state index < -0.39 is 5.82 Å². The highest BCUT2D eigenvalue weighted by Gasteiger charge is 2.11. The number of nitrogens with one attached hydrogen (secondary N) is 3. The van der Waals surface area contributed by atoms with Crippen molar-refractivity contribution in [3.05, 3.63) is 102 Å². The van der Waals surface area contributed by atoms with Crippen LogP contribution in [0.15, 0.2) is 85.2 Å². The van der Waals surface area contributed by atoms with E-state index in [1.54, 1.807) is 18.5 Å². The summed E-state index contributed by atoms with van der Waals surface area (Å²) in [6, 6.07) is 9.81. The first-order chi connectivity index (χ1) is 15.6. The number of carbonyl (C=O) groups excluding carboxylic acids is 1. The number of anilines is 3. The lowest BCUT2D eigenvalue weighted by Crippen LogP contribution is -2.25. The molecule has 6 nitrogen and oxygen atoms in total. The summed E-state index contributed by atoms with van der Waals surface area (Å²) in [4.78, 5) is 21.9. The first kappa shape index (κ1) is 22.9. The number of nitrogens with zero attached hydrogens (tertiary/aromatic N) is 2. The third-order valence-corrected chi connectivity index (χ3v) is 5.27. The lowest BCUT2D eigenvalue weighted by Gasteiger charge is -2.10. The van der Waals surface area contributed by atoms with E-state index in [9.17, 15) is 9.18 Å². The van der Waals surface area contributed by atoms with E-state index >= 15 is 0 Å². The van der Waals surface area contributed by atoms with Crippen LogP contribution < -0.4 is 16.0 Å². The molecular formula is C24H24FN5OS. The Kier molecular flexibility index (Phi) is 8.28. The third-order valence-electron chi connectivity index (χ3n) is 4.35. The lowest BCUT2D eigenvalue weighted by atomic mass is 10.1. The van der Waals surface area contributed by atoms with E-state index in [-0.39, 0.29) is 11.6 Å². The number of hydrogen-bond donors (Lipinski definition) is 3. The molecule has 0 aliphatic carbocycles. The van der Waals surface area contributed by atoms with Crippen molar-refractivity contribution in [1.29, 1.82) is 0 Å². The van der Waals surface area contributed by atoms with Crippen molar-refractivity contribution in [2.24, 2.45) is 0 Å². The van der Waals surface area contributed by atoms with Crippen LogP contribution in [0.1, 0.15) is 22.2 Å². The standard InChI is InChI=1S/C24H24FN5OS/c1-3-5-8-17(4-2)14-28-23(31)18-10-11-20(25)21(13-18)27-15-19-16-29-24(32-19)30-22-9-6-7-12-26-22/h3-13,16,27H,2,14-15H2,1H3,(H,28,31)(H,26,29,30)/b5-3-,17-8+. The van der Waals surface area contributed by atoms with Crippen LogP contribution in [0.3, 0.4) is 0 Å². The van der Waals surface area contributed by atoms with Crippen LogP contribution in [0.2, 0.25) is 0 Å². The Morgan fingerprint density at radius 1 is 1.25 bits per heavy atom. The Labute approximate surface area is 190 Å². The smallest absolute Gasteiger partial charge is 0.251 e. The van der Waals surface area contributed by atoms with Gasteiger partial charge in [-0.1, -0.05) is 48.3 Å². The molecule has 8 heteroatoms. The summed E-state index contributed by atoms with van der Waals surface area (Å²) in [5.41, 5.74) is 1.49. The van der Waals surface area contributed by atoms with Gasteiger partial charge in [0.15, 0.2) is 5.13 Å². The molecule has 3 N–H and O–H groups in total. The first-order valence-corrected chi connectivity index (χ1v) is 10.8. The van der Waals surface area contributed by atoms with Crippen LogP contribution in [0.25, 0.3) is 0 Å². The number of halogens is 1. The van der Waals surface area contributed by atoms with Crippen molar-refractivity contribution in [3.8, 4) is 0 Å². The average molecular weight is 450 g/mol. The zero-order valence-electron chi connectivity index (χ0n) is 17.6. The van der Waals surface area contributed by atoms with Crippen molar-refractivity contribution >= 4 is 33.9 Å². The maximum atomic E-state index is 14.3. The molecule has 1 aromatic carbocycles. The molecule has 2 heterocycles. The monoisotopic (exact) mass is 449 g/mol. The Morgan fingerprint density at radius 2 is 2.12 bits per heavy atom. The van der Waals surface area contributed by atoms with Crippen LogP contribution in [-0.2, 0) is 6.54 Å². The average Bonchev–Trinajstić information content (AvgIpc) is 3.26. The molecule has 3 aromatic rings. The van der Waals surface area contributed by atoms with Gasteiger partial charge in [-0.05, 0) is 42.8 Å². The molecule has 0 saturated carbocycles. The molecule has 0 aliphatic heterocycles. The molecular weight excluding hydrogens is 425 g/mol. The van der Waals surface area contributed by atoms with E-state index in [0.717, 1.165) is 10.5 Å². The second-order valence-electron chi connectivity index (χ2n) is 6.67. The largest absolute Gasteiger partial charge is 0.378 e. The highest BCUT2D eigenvalue weighted by Crippen LogP contribution is 2.23. The molecule has 0 aliphatic rings. The highest BCUT2D eigenvalue weighted by atomic mass is 32.1. The number of aromatic nitrogens is 2. The molecule has 2 aromatic heterocycles. The molecule has 0 bridgehead atoms. The van der Waals surface area contributed by atoms with Gasteiger partial charge < -0.3 is 16.0 Å². The molecule has 164 valence electrons. The fourth-order valence-electron chi connectivity index (χ4n) is 2.68. The molecule has 3 rings (SSSR count). The first-order valence-electron chi connectivity index (χ1n) is 9.97. The Bertz CT molecular complexity index is 1120. The summed E-state index contributed by atoms with van der Waals surface area (Å²) in [5, 5.41) is 9.68. The summed E-state index contributed by atoms with van der Waals surface area (Å²) in [7, 11) is 0. The van der Waals surface area contributed by atoms with E-state index in [1.807, 2.05) is 43.4 Å². The van der Waals surface area contributed by atoms with Crippen LogP contribution in [-0.4, -0.2) is 22.4 Å². The van der Waals surface area contributed by atoms with Gasteiger partial charge in [0.2, 0.25) is 0 Å². The van der Waals surface area contributed by atoms with Crippen molar-refractivity contribution in [1.82, 2.24) is 15.3 Å². The fraction of sp³-hybridized carbons (Fsp3) is 0.125. The second-order valence-corrected chi connectivity index (χ2v) is 7.79. The number of pyridine rings is 1. The number of carbonyl (C=O) groups is 1. The molecule has 0 fully saturated rings. The van der Waals surface area contributed by atoms with Crippen LogP contribution >= 0.6 is 11.3 Å². The van der Waals surface area contributed by atoms with Gasteiger partial charge in [0.25, 0.3) is 5.91 Å². The van der Waals surface area contributed by atoms with Gasteiger partial charge in [-0.2, -0.15) is 0 Å². The molecule has 0 unspecified atom stereocenters. The van der Waals surface area contributed by atoms with E-state index in [2.05, 4.69) is 32.5 Å². The number of thiazole rings is 1. The topological polar surface area (TPSA) is 78.9 Å². The Morgan fingerprint density at radius 3 is 2.88 bits per heavy atom. The number of rotatable bonds is 10. The van der Waals surface area contributed by atoms with Crippen molar-refractivity contribution in [2.75, 3.05) is 17.2 Å². The summed E-state index contributed by atoms with van der Waals surface area (Å²) in [6.07, 6.45) is 10.7. The highest BCUT2D eigenvalue weighted by molar-refractivity contribution is 7.15. The van der Waals surface area contributed by atoms with Crippen LogP contribution in [0.4, 0.5) is 21.0 Å². The summed E-state index contributed by atoms with van der Waals surface area (Å²) < 4.78 is 14.3. The molecule has 0 atom stereocenters. The Hall–Kier alpha value is -3.78. The Balaban J connectivity index is 1.60. The van der Waals surface area contributed by atoms with E-state index in [1.165, 1.54) is 29.5 Å². The number of benzene rings is 1. The van der Waals surface area contributed by atoms with E-state index in [0.29, 0.717) is 29.6 Å². The summed E-state index contributed by atoms with van der Waals surface area (Å²) in [5.74, 6) is -0.0233. The SMILES string of the molecule is C=C/C(=C\C=C/C)CNC(=O)c1ccc(F)c(NCc2cnc(Nc3ccccn3)s2)c1. The lowest BCUT2D eigenvalue weighted by molar-refractivity contribution is 0.0957. The van der Waals surface area contributed by atoms with Gasteiger partial charge in [0.05, 0.1) is 12.2 Å². The minimum absolute atomic E-state index is 0.249. The minimum Gasteiger partial charge on any atom is -0.378 e. The van der Waals surface area contributed by atoms with Crippen molar-refractivity contribution in [3.63, 3.8) is 0 Å². The second kappa shape index (κ2) is 11.6. The number of hydrogen-bond acceptors (Lipinski definition) is 6. The van der Waals surface area contributed by atoms with Gasteiger partial charge >= 0.3 is 0 Å². The maximum absolute atomic E-state index is 14.3. The normalized spacial score (nSPS) is 11.4.